The summed E-state index contributed by atoms with van der Waals surface area (Å²) < 4.78 is 79.3. The van der Waals surface area contributed by atoms with Gasteiger partial charge in [0, 0.05) is 37.6 Å². The SMILES string of the molecule is CC(=O)[O-].N[C@@H](CC(=O)N1CCn2c(nnc2C(F)(F)F)C1)Cc1cc(F)c(F)cc1F. The van der Waals surface area contributed by atoms with Gasteiger partial charge in [0.2, 0.25) is 11.7 Å². The van der Waals surface area contributed by atoms with Crippen LogP contribution >= 0.6 is 0 Å². The Bertz CT molecular complexity index is 990. The molecule has 176 valence electrons. The summed E-state index contributed by atoms with van der Waals surface area (Å²) in [7, 11) is 0. The number of fused-ring (bicyclic) bond motifs is 1. The number of carbonyl (C=O) groups is 2. The van der Waals surface area contributed by atoms with Crippen molar-refractivity contribution in [2.24, 2.45) is 5.73 Å². The molecular weight excluding hydrogens is 448 g/mol. The largest absolute Gasteiger partial charge is 0.550 e. The number of hydrogen-bond acceptors (Lipinski definition) is 6. The van der Waals surface area contributed by atoms with Crippen molar-refractivity contribution in [3.8, 4) is 0 Å². The maximum atomic E-state index is 13.7. The first-order valence-corrected chi connectivity index (χ1v) is 9.13. The molecule has 0 saturated carbocycles. The third-order valence-corrected chi connectivity index (χ3v) is 4.37. The number of alkyl halides is 3. The molecule has 1 amide bonds. The zero-order chi connectivity index (χ0) is 24.2. The van der Waals surface area contributed by atoms with Gasteiger partial charge in [-0.1, -0.05) is 0 Å². The smallest absolute Gasteiger partial charge is 0.451 e. The van der Waals surface area contributed by atoms with Crippen molar-refractivity contribution < 1.29 is 41.0 Å². The predicted octanol–water partition coefficient (Wildman–Crippen LogP) is 0.773. The van der Waals surface area contributed by atoms with E-state index in [-0.39, 0.29) is 43.9 Å². The van der Waals surface area contributed by atoms with E-state index in [1.807, 2.05) is 0 Å². The Labute approximate surface area is 177 Å². The predicted molar refractivity (Wildman–Crippen MR) is 93.7 cm³/mol. The number of halogens is 6. The van der Waals surface area contributed by atoms with E-state index in [2.05, 4.69) is 10.2 Å². The number of amides is 1. The number of rotatable bonds is 4. The summed E-state index contributed by atoms with van der Waals surface area (Å²) in [6.45, 7) is 0.670. The average molecular weight is 466 g/mol. The molecule has 1 aromatic heterocycles. The van der Waals surface area contributed by atoms with Crippen LogP contribution in [0.3, 0.4) is 0 Å². The Morgan fingerprint density at radius 2 is 1.72 bits per heavy atom. The number of aliphatic carboxylic acids is 1. The van der Waals surface area contributed by atoms with Gasteiger partial charge >= 0.3 is 6.18 Å². The topological polar surface area (TPSA) is 117 Å². The molecule has 2 N–H and O–H groups in total. The lowest BCUT2D eigenvalue weighted by Crippen LogP contribution is -2.42. The summed E-state index contributed by atoms with van der Waals surface area (Å²) in [4.78, 5) is 22.5. The molecule has 8 nitrogen and oxygen atoms in total. The number of benzene rings is 1. The second kappa shape index (κ2) is 9.97. The van der Waals surface area contributed by atoms with E-state index >= 15 is 0 Å². The number of hydrogen-bond donors (Lipinski definition) is 1. The highest BCUT2D eigenvalue weighted by molar-refractivity contribution is 5.76. The first kappa shape index (κ1) is 25.1. The van der Waals surface area contributed by atoms with Gasteiger partial charge in [-0.15, -0.1) is 10.2 Å². The molecule has 1 aromatic carbocycles. The number of nitrogens with two attached hydrogens (primary N) is 1. The first-order chi connectivity index (χ1) is 14.8. The van der Waals surface area contributed by atoms with Crippen LogP contribution in [0.2, 0.25) is 0 Å². The molecule has 0 aliphatic carbocycles. The van der Waals surface area contributed by atoms with Crippen molar-refractivity contribution in [1.29, 1.82) is 0 Å². The maximum absolute atomic E-state index is 13.7. The Kier molecular flexibility index (Phi) is 7.83. The van der Waals surface area contributed by atoms with Crippen LogP contribution in [0.25, 0.3) is 0 Å². The molecule has 1 atom stereocenters. The van der Waals surface area contributed by atoms with Crippen molar-refractivity contribution in [2.45, 2.75) is 45.1 Å². The van der Waals surface area contributed by atoms with E-state index in [1.54, 1.807) is 0 Å². The molecule has 0 bridgehead atoms. The van der Waals surface area contributed by atoms with Gasteiger partial charge in [-0.3, -0.25) is 4.79 Å². The Morgan fingerprint density at radius 3 is 2.31 bits per heavy atom. The molecule has 3 rings (SSSR count). The van der Waals surface area contributed by atoms with E-state index < -0.39 is 47.4 Å². The van der Waals surface area contributed by atoms with Crippen molar-refractivity contribution >= 4 is 11.9 Å². The van der Waals surface area contributed by atoms with Crippen LogP contribution in [0.1, 0.15) is 30.6 Å². The maximum Gasteiger partial charge on any atom is 0.451 e. The van der Waals surface area contributed by atoms with Crippen LogP contribution in [0, 0.1) is 17.5 Å². The molecule has 0 saturated heterocycles. The molecule has 2 heterocycles. The first-order valence-electron chi connectivity index (χ1n) is 9.13. The van der Waals surface area contributed by atoms with Crippen molar-refractivity contribution in [2.75, 3.05) is 6.54 Å². The molecule has 2 aromatic rings. The average Bonchev–Trinajstić information content (AvgIpc) is 3.09. The van der Waals surface area contributed by atoms with Gasteiger partial charge in [0.05, 0.1) is 6.54 Å². The fourth-order valence-corrected chi connectivity index (χ4v) is 3.01. The molecule has 0 spiro atoms. The van der Waals surface area contributed by atoms with Gasteiger partial charge in [-0.2, -0.15) is 13.2 Å². The molecular formula is C18H18F6N5O3-. The van der Waals surface area contributed by atoms with Crippen LogP contribution in [-0.4, -0.2) is 44.1 Å². The lowest BCUT2D eigenvalue weighted by molar-refractivity contribution is -0.302. The van der Waals surface area contributed by atoms with E-state index in [0.717, 1.165) is 11.5 Å². The van der Waals surface area contributed by atoms with Crippen molar-refractivity contribution in [3.63, 3.8) is 0 Å². The van der Waals surface area contributed by atoms with Crippen LogP contribution < -0.4 is 10.8 Å². The van der Waals surface area contributed by atoms with E-state index in [4.69, 9.17) is 15.6 Å². The summed E-state index contributed by atoms with van der Waals surface area (Å²) in [5.74, 6) is -6.23. The van der Waals surface area contributed by atoms with Gasteiger partial charge in [-0.25, -0.2) is 13.2 Å². The number of aromatic nitrogens is 3. The highest BCUT2D eigenvalue weighted by Gasteiger charge is 2.40. The van der Waals surface area contributed by atoms with E-state index in [9.17, 15) is 31.1 Å². The summed E-state index contributed by atoms with van der Waals surface area (Å²) in [5, 5.41) is 15.5. The van der Waals surface area contributed by atoms with Crippen molar-refractivity contribution in [1.82, 2.24) is 19.7 Å². The molecule has 1 aliphatic rings. The number of carbonyl (C=O) groups excluding carboxylic acids is 2. The summed E-state index contributed by atoms with van der Waals surface area (Å²) >= 11 is 0. The molecule has 32 heavy (non-hydrogen) atoms. The Morgan fingerprint density at radius 1 is 1.12 bits per heavy atom. The number of carboxylic acid groups (broad SMARTS) is 1. The quantitative estimate of drug-likeness (QED) is 0.526. The molecule has 1 aliphatic heterocycles. The van der Waals surface area contributed by atoms with Gasteiger partial charge in [-0.05, 0) is 25.0 Å². The molecule has 0 unspecified atom stereocenters. The zero-order valence-electron chi connectivity index (χ0n) is 16.6. The van der Waals surface area contributed by atoms with Gasteiger partial charge in [0.25, 0.3) is 0 Å². The minimum absolute atomic E-state index is 0.000783. The van der Waals surface area contributed by atoms with Gasteiger partial charge in [0.15, 0.2) is 17.5 Å². The van der Waals surface area contributed by atoms with Gasteiger partial charge in [0.1, 0.15) is 5.82 Å². The van der Waals surface area contributed by atoms with Gasteiger partial charge < -0.3 is 25.1 Å². The number of nitrogens with zero attached hydrogens (tertiary/aromatic N) is 4. The lowest BCUT2D eigenvalue weighted by atomic mass is 10.0. The minimum Gasteiger partial charge on any atom is -0.550 e. The summed E-state index contributed by atoms with van der Waals surface area (Å²) in [6, 6.07) is 0.184. The summed E-state index contributed by atoms with van der Waals surface area (Å²) in [6.07, 6.45) is -5.11. The molecule has 14 heteroatoms. The fraction of sp³-hybridized carbons (Fsp3) is 0.444. The monoisotopic (exact) mass is 466 g/mol. The highest BCUT2D eigenvalue weighted by atomic mass is 19.4. The lowest BCUT2D eigenvalue weighted by Gasteiger charge is -2.29. The second-order valence-electron chi connectivity index (χ2n) is 6.92. The minimum atomic E-state index is -4.64. The Hall–Kier alpha value is -3.16. The second-order valence-corrected chi connectivity index (χ2v) is 6.92. The van der Waals surface area contributed by atoms with Crippen LogP contribution in [-0.2, 0) is 35.3 Å². The van der Waals surface area contributed by atoms with Crippen LogP contribution in [0.5, 0.6) is 0 Å². The third kappa shape index (κ3) is 6.42. The highest BCUT2D eigenvalue weighted by Crippen LogP contribution is 2.29. The summed E-state index contributed by atoms with van der Waals surface area (Å²) in [5.41, 5.74) is 5.64. The molecule has 0 radical (unpaired) electrons. The standard InChI is InChI=1S/C16H15F6N5O.C2H4O2/c17-10-6-12(19)11(18)4-8(10)3-9(23)5-14(28)26-1-2-27-13(7-26)24-25-15(27)16(20,21)22;1-2(3)4/h4,6,9H,1-3,5,7,23H2;1H3,(H,3,4)/p-1/t9-;/m1./s1. The van der Waals surface area contributed by atoms with Crippen molar-refractivity contribution in [3.05, 3.63) is 46.8 Å². The normalized spacial score (nSPS) is 14.3. The zero-order valence-corrected chi connectivity index (χ0v) is 16.6. The van der Waals surface area contributed by atoms with Crippen LogP contribution in [0.4, 0.5) is 26.3 Å². The fourth-order valence-electron chi connectivity index (χ4n) is 3.01. The third-order valence-electron chi connectivity index (χ3n) is 4.37. The van der Waals surface area contributed by atoms with E-state index in [1.165, 1.54) is 4.90 Å². The molecule has 0 fully saturated rings. The van der Waals surface area contributed by atoms with Crippen LogP contribution in [0.15, 0.2) is 12.1 Å². The van der Waals surface area contributed by atoms with E-state index in [0.29, 0.717) is 12.1 Å². The Balaban J connectivity index is 0.000000837. The number of carboxylic acids is 1.